The van der Waals surface area contributed by atoms with Gasteiger partial charge in [0.15, 0.2) is 5.69 Å². The summed E-state index contributed by atoms with van der Waals surface area (Å²) in [6, 6.07) is 7.07. The van der Waals surface area contributed by atoms with Gasteiger partial charge >= 0.3 is 5.97 Å². The molecule has 1 N–H and O–H groups in total. The highest BCUT2D eigenvalue weighted by Gasteiger charge is 2.15. The van der Waals surface area contributed by atoms with Crippen LogP contribution in [0.5, 0.6) is 0 Å². The lowest BCUT2D eigenvalue weighted by molar-refractivity contribution is 0.0689. The highest BCUT2D eigenvalue weighted by Crippen LogP contribution is 2.22. The van der Waals surface area contributed by atoms with Gasteiger partial charge in [-0.1, -0.05) is 23.7 Å². The number of benzene rings is 1. The fourth-order valence-corrected chi connectivity index (χ4v) is 1.92. The number of carbonyl (C=O) groups is 1. The minimum atomic E-state index is -1.09. The van der Waals surface area contributed by atoms with E-state index in [1.807, 2.05) is 0 Å². The summed E-state index contributed by atoms with van der Waals surface area (Å²) >= 11 is 9.11. The van der Waals surface area contributed by atoms with E-state index in [4.69, 9.17) is 16.7 Å². The van der Waals surface area contributed by atoms with Crippen molar-refractivity contribution in [3.63, 3.8) is 0 Å². The summed E-state index contributed by atoms with van der Waals surface area (Å²) in [7, 11) is 0. The van der Waals surface area contributed by atoms with E-state index in [1.54, 1.807) is 30.5 Å². The monoisotopic (exact) mass is 300 g/mol. The Hall–Kier alpha value is -1.33. The van der Waals surface area contributed by atoms with Crippen LogP contribution in [0.25, 0.3) is 5.69 Å². The first-order valence-electron chi connectivity index (χ1n) is 4.33. The van der Waals surface area contributed by atoms with Crippen molar-refractivity contribution in [1.82, 2.24) is 9.78 Å². The van der Waals surface area contributed by atoms with E-state index in [9.17, 15) is 4.79 Å². The maximum atomic E-state index is 10.8. The number of halogens is 2. The standard InChI is InChI=1S/C10H6BrClN2O2/c11-6-5-14(13-9(6)10(15)16)8-4-2-1-3-7(8)12/h1-5H,(H,15,16). The minimum absolute atomic E-state index is 0.0417. The first kappa shape index (κ1) is 11.2. The Bertz CT molecular complexity index is 554. The van der Waals surface area contributed by atoms with Crippen LogP contribution >= 0.6 is 27.5 Å². The van der Waals surface area contributed by atoms with Crippen LogP contribution in [0.2, 0.25) is 5.02 Å². The first-order chi connectivity index (χ1) is 7.59. The summed E-state index contributed by atoms with van der Waals surface area (Å²) < 4.78 is 1.84. The van der Waals surface area contributed by atoms with Crippen molar-refractivity contribution in [3.8, 4) is 5.69 Å². The van der Waals surface area contributed by atoms with Gasteiger partial charge in [0.2, 0.25) is 0 Å². The molecule has 1 aromatic heterocycles. The second-order valence-corrected chi connectivity index (χ2v) is 4.29. The van der Waals surface area contributed by atoms with Gasteiger partial charge in [0.25, 0.3) is 0 Å². The van der Waals surface area contributed by atoms with E-state index in [0.29, 0.717) is 15.2 Å². The smallest absolute Gasteiger partial charge is 0.357 e. The number of rotatable bonds is 2. The lowest BCUT2D eigenvalue weighted by Crippen LogP contribution is -2.01. The average molecular weight is 302 g/mol. The number of carboxylic acids is 1. The molecule has 0 fully saturated rings. The zero-order valence-electron chi connectivity index (χ0n) is 7.89. The lowest BCUT2D eigenvalue weighted by atomic mass is 10.3. The molecule has 0 aliphatic carbocycles. The fraction of sp³-hybridized carbons (Fsp3) is 0. The van der Waals surface area contributed by atoms with Crippen LogP contribution in [0.3, 0.4) is 0 Å². The van der Waals surface area contributed by atoms with Crippen LogP contribution in [0.15, 0.2) is 34.9 Å². The van der Waals surface area contributed by atoms with Gasteiger partial charge in [-0.3, -0.25) is 0 Å². The van der Waals surface area contributed by atoms with Gasteiger partial charge in [-0.25, -0.2) is 9.48 Å². The molecule has 0 unspecified atom stereocenters. The maximum Gasteiger partial charge on any atom is 0.357 e. The number of para-hydroxylation sites is 1. The Morgan fingerprint density at radius 2 is 2.12 bits per heavy atom. The van der Waals surface area contributed by atoms with Crippen LogP contribution < -0.4 is 0 Å². The number of hydrogen-bond acceptors (Lipinski definition) is 2. The van der Waals surface area contributed by atoms with E-state index in [2.05, 4.69) is 21.0 Å². The molecule has 0 saturated heterocycles. The Morgan fingerprint density at radius 1 is 1.44 bits per heavy atom. The van der Waals surface area contributed by atoms with Gasteiger partial charge in [0.05, 0.1) is 15.2 Å². The molecule has 2 aromatic rings. The number of nitrogens with zero attached hydrogens (tertiary/aromatic N) is 2. The average Bonchev–Trinajstić information content (AvgIpc) is 2.61. The number of hydrogen-bond donors (Lipinski definition) is 1. The van der Waals surface area contributed by atoms with Crippen molar-refractivity contribution >= 4 is 33.5 Å². The van der Waals surface area contributed by atoms with Crippen LogP contribution in [0.4, 0.5) is 0 Å². The molecule has 2 rings (SSSR count). The van der Waals surface area contributed by atoms with E-state index in [0.717, 1.165) is 0 Å². The second kappa shape index (κ2) is 4.27. The lowest BCUT2D eigenvalue weighted by Gasteiger charge is -2.02. The molecule has 0 aliphatic heterocycles. The van der Waals surface area contributed by atoms with Crippen LogP contribution in [-0.2, 0) is 0 Å². The van der Waals surface area contributed by atoms with Gasteiger partial charge in [-0.05, 0) is 28.1 Å². The molecule has 82 valence electrons. The molecule has 0 aliphatic rings. The van der Waals surface area contributed by atoms with Gasteiger partial charge in [0.1, 0.15) is 0 Å². The highest BCUT2D eigenvalue weighted by atomic mass is 79.9. The van der Waals surface area contributed by atoms with Gasteiger partial charge in [-0.15, -0.1) is 0 Å². The van der Waals surface area contributed by atoms with Crippen LogP contribution in [0, 0.1) is 0 Å². The predicted molar refractivity (Wildman–Crippen MR) is 63.2 cm³/mol. The molecular formula is C10H6BrClN2O2. The topological polar surface area (TPSA) is 55.1 Å². The summed E-state index contributed by atoms with van der Waals surface area (Å²) in [6.45, 7) is 0. The van der Waals surface area contributed by atoms with Crippen molar-refractivity contribution < 1.29 is 9.90 Å². The second-order valence-electron chi connectivity index (χ2n) is 3.03. The molecule has 0 bridgehead atoms. The first-order valence-corrected chi connectivity index (χ1v) is 5.50. The minimum Gasteiger partial charge on any atom is -0.476 e. The molecule has 16 heavy (non-hydrogen) atoms. The zero-order valence-corrected chi connectivity index (χ0v) is 10.2. The third-order valence-electron chi connectivity index (χ3n) is 1.97. The Morgan fingerprint density at radius 3 is 2.69 bits per heavy atom. The van der Waals surface area contributed by atoms with Crippen LogP contribution in [-0.4, -0.2) is 20.9 Å². The van der Waals surface area contributed by atoms with E-state index in [1.165, 1.54) is 4.68 Å². The van der Waals surface area contributed by atoms with E-state index < -0.39 is 5.97 Å². The summed E-state index contributed by atoms with van der Waals surface area (Å²) in [5.41, 5.74) is 0.595. The molecule has 6 heteroatoms. The van der Waals surface area contributed by atoms with Crippen molar-refractivity contribution in [3.05, 3.63) is 45.7 Å². The Labute approximate surface area is 105 Å². The van der Waals surface area contributed by atoms with Gasteiger partial charge in [-0.2, -0.15) is 5.10 Å². The third-order valence-corrected chi connectivity index (χ3v) is 2.87. The molecule has 0 spiro atoms. The van der Waals surface area contributed by atoms with E-state index >= 15 is 0 Å². The summed E-state index contributed by atoms with van der Waals surface area (Å²) in [5.74, 6) is -1.09. The van der Waals surface area contributed by atoms with Crippen molar-refractivity contribution in [1.29, 1.82) is 0 Å². The summed E-state index contributed by atoms with van der Waals surface area (Å²) in [4.78, 5) is 10.8. The van der Waals surface area contributed by atoms with E-state index in [-0.39, 0.29) is 5.69 Å². The maximum absolute atomic E-state index is 10.8. The molecule has 0 amide bonds. The number of carboxylic acid groups (broad SMARTS) is 1. The molecule has 0 saturated carbocycles. The largest absolute Gasteiger partial charge is 0.476 e. The van der Waals surface area contributed by atoms with Gasteiger partial charge < -0.3 is 5.11 Å². The molecule has 4 nitrogen and oxygen atoms in total. The predicted octanol–water partition coefficient (Wildman–Crippen LogP) is 2.99. The highest BCUT2D eigenvalue weighted by molar-refractivity contribution is 9.10. The molecule has 0 radical (unpaired) electrons. The van der Waals surface area contributed by atoms with Crippen molar-refractivity contribution in [2.24, 2.45) is 0 Å². The molecule has 1 heterocycles. The molecule has 0 atom stereocenters. The van der Waals surface area contributed by atoms with Gasteiger partial charge in [0, 0.05) is 6.20 Å². The molecule has 1 aromatic carbocycles. The van der Waals surface area contributed by atoms with Crippen LogP contribution in [0.1, 0.15) is 10.5 Å². The molecular weight excluding hydrogens is 295 g/mol. The zero-order chi connectivity index (χ0) is 11.7. The Kier molecular flexibility index (Phi) is 2.98. The third kappa shape index (κ3) is 1.96. The number of aromatic carboxylic acids is 1. The normalized spacial score (nSPS) is 10.4. The Balaban J connectivity index is 2.54. The summed E-state index contributed by atoms with van der Waals surface area (Å²) in [5, 5.41) is 13.3. The fourth-order valence-electron chi connectivity index (χ4n) is 1.26. The quantitative estimate of drug-likeness (QED) is 0.927. The number of aromatic nitrogens is 2. The SMILES string of the molecule is O=C(O)c1nn(-c2ccccc2Cl)cc1Br. The summed E-state index contributed by atoms with van der Waals surface area (Å²) in [6.07, 6.45) is 1.56. The van der Waals surface area contributed by atoms with Crippen molar-refractivity contribution in [2.75, 3.05) is 0 Å². The van der Waals surface area contributed by atoms with Crippen molar-refractivity contribution in [2.45, 2.75) is 0 Å².